The summed E-state index contributed by atoms with van der Waals surface area (Å²) in [5.74, 6) is -1.02. The molecule has 2 heterocycles. The molecule has 0 bridgehead atoms. The molecule has 7 heteroatoms. The van der Waals surface area contributed by atoms with Gasteiger partial charge in [0.1, 0.15) is 16.4 Å². The highest BCUT2D eigenvalue weighted by Crippen LogP contribution is 2.22. The van der Waals surface area contributed by atoms with Gasteiger partial charge in [-0.2, -0.15) is 0 Å². The average molecular weight is 372 g/mol. The fourth-order valence-electron chi connectivity index (χ4n) is 2.54. The van der Waals surface area contributed by atoms with Crippen LogP contribution in [0, 0.1) is 19.7 Å². The van der Waals surface area contributed by atoms with Crippen molar-refractivity contribution < 1.29 is 17.6 Å². The van der Waals surface area contributed by atoms with E-state index < -0.39 is 15.8 Å². The van der Waals surface area contributed by atoms with E-state index in [2.05, 4.69) is 4.98 Å². The number of Topliss-reactive ketones (excluding diaryl/α,β-unsaturated/α-hetero) is 1. The van der Waals surface area contributed by atoms with Crippen molar-refractivity contribution in [2.45, 2.75) is 25.2 Å². The Morgan fingerprint density at radius 3 is 2.58 bits per heavy atom. The number of carbonyl (C=O) groups is 1. The summed E-state index contributed by atoms with van der Waals surface area (Å²) in [5.41, 5.74) is 2.18. The summed E-state index contributed by atoms with van der Waals surface area (Å²) in [6.07, 6.45) is 4.16. The summed E-state index contributed by atoms with van der Waals surface area (Å²) in [4.78, 5) is 15.8. The van der Waals surface area contributed by atoms with E-state index in [-0.39, 0.29) is 17.1 Å². The third kappa shape index (κ3) is 3.43. The first kappa shape index (κ1) is 18.0. The second-order valence-corrected chi connectivity index (χ2v) is 7.85. The number of hydrogen-bond acceptors (Lipinski definition) is 4. The zero-order valence-corrected chi connectivity index (χ0v) is 15.1. The van der Waals surface area contributed by atoms with Crippen LogP contribution in [0.4, 0.5) is 4.39 Å². The molecule has 1 aromatic carbocycles. The zero-order valence-electron chi connectivity index (χ0n) is 14.3. The minimum Gasteiger partial charge on any atom is -0.292 e. The molecule has 0 radical (unpaired) electrons. The number of benzene rings is 1. The first-order valence-electron chi connectivity index (χ1n) is 7.92. The van der Waals surface area contributed by atoms with Gasteiger partial charge in [-0.3, -0.25) is 9.78 Å². The maximum atomic E-state index is 14.2. The summed E-state index contributed by atoms with van der Waals surface area (Å²) in [7, 11) is -4.07. The molecule has 0 aliphatic rings. The van der Waals surface area contributed by atoms with Crippen LogP contribution >= 0.6 is 0 Å². The SMILES string of the molecule is Cc1cc(F)c(S(=O)(=O)n2ccc(CC(=O)c3ccccn3)c2)cc1C. The molecule has 0 unspecified atom stereocenters. The molecule has 0 aliphatic carbocycles. The lowest BCUT2D eigenvalue weighted by Crippen LogP contribution is -2.13. The summed E-state index contributed by atoms with van der Waals surface area (Å²) in [5, 5.41) is 0. The first-order chi connectivity index (χ1) is 12.3. The van der Waals surface area contributed by atoms with E-state index in [0.717, 1.165) is 3.97 Å². The van der Waals surface area contributed by atoms with Crippen LogP contribution < -0.4 is 0 Å². The minimum atomic E-state index is -4.07. The minimum absolute atomic E-state index is 0.00887. The van der Waals surface area contributed by atoms with Crippen LogP contribution in [0.25, 0.3) is 0 Å². The topological polar surface area (TPSA) is 69.0 Å². The lowest BCUT2D eigenvalue weighted by molar-refractivity contribution is 0.0988. The average Bonchev–Trinajstić information content (AvgIpc) is 3.08. The van der Waals surface area contributed by atoms with Crippen LogP contribution in [0.15, 0.2) is 59.9 Å². The number of nitrogens with zero attached hydrogens (tertiary/aromatic N) is 2. The van der Waals surface area contributed by atoms with Crippen molar-refractivity contribution in [3.05, 3.63) is 83.2 Å². The van der Waals surface area contributed by atoms with Crippen molar-refractivity contribution in [3.8, 4) is 0 Å². The highest BCUT2D eigenvalue weighted by molar-refractivity contribution is 7.90. The Bertz CT molecular complexity index is 1070. The third-order valence-corrected chi connectivity index (χ3v) is 5.80. The summed E-state index contributed by atoms with van der Waals surface area (Å²) < 4.78 is 40.6. The van der Waals surface area contributed by atoms with Gasteiger partial charge in [0.05, 0.1) is 0 Å². The molecular weight excluding hydrogens is 355 g/mol. The van der Waals surface area contributed by atoms with Gasteiger partial charge in [0, 0.05) is 25.0 Å². The quantitative estimate of drug-likeness (QED) is 0.645. The van der Waals surface area contributed by atoms with E-state index in [1.807, 2.05) is 0 Å². The van der Waals surface area contributed by atoms with Crippen LogP contribution in [0.2, 0.25) is 0 Å². The van der Waals surface area contributed by atoms with Gasteiger partial charge in [0.25, 0.3) is 10.0 Å². The summed E-state index contributed by atoms with van der Waals surface area (Å²) >= 11 is 0. The zero-order chi connectivity index (χ0) is 18.9. The smallest absolute Gasteiger partial charge is 0.270 e. The standard InChI is InChI=1S/C19H17FN2O3S/c1-13-9-16(20)19(10-14(13)2)26(24,25)22-8-6-15(12-22)11-18(23)17-5-3-4-7-21-17/h3-10,12H,11H2,1-2H3. The molecule has 5 nitrogen and oxygen atoms in total. The summed E-state index contributed by atoms with van der Waals surface area (Å²) in [6.45, 7) is 3.44. The van der Waals surface area contributed by atoms with Crippen molar-refractivity contribution in [2.75, 3.05) is 0 Å². The Morgan fingerprint density at radius 1 is 1.15 bits per heavy atom. The second kappa shape index (κ2) is 6.84. The summed E-state index contributed by atoms with van der Waals surface area (Å²) in [6, 6.07) is 9.06. The van der Waals surface area contributed by atoms with Gasteiger partial charge in [-0.05, 0) is 60.9 Å². The maximum Gasteiger partial charge on any atom is 0.270 e. The Kier molecular flexibility index (Phi) is 4.73. The molecule has 2 aromatic heterocycles. The number of rotatable bonds is 5. The van der Waals surface area contributed by atoms with E-state index in [1.54, 1.807) is 32.0 Å². The van der Waals surface area contributed by atoms with Crippen molar-refractivity contribution in [2.24, 2.45) is 0 Å². The fraction of sp³-hybridized carbons (Fsp3) is 0.158. The van der Waals surface area contributed by atoms with E-state index >= 15 is 0 Å². The van der Waals surface area contributed by atoms with Gasteiger partial charge in [-0.25, -0.2) is 16.8 Å². The molecule has 0 saturated carbocycles. The number of carbonyl (C=O) groups excluding carboxylic acids is 1. The molecule has 0 amide bonds. The molecule has 134 valence electrons. The predicted molar refractivity (Wildman–Crippen MR) is 95.2 cm³/mol. The van der Waals surface area contributed by atoms with Gasteiger partial charge in [-0.15, -0.1) is 0 Å². The Morgan fingerprint density at radius 2 is 1.88 bits per heavy atom. The molecule has 0 N–H and O–H groups in total. The lowest BCUT2D eigenvalue weighted by Gasteiger charge is -2.09. The fourth-order valence-corrected chi connectivity index (χ4v) is 3.90. The second-order valence-electron chi connectivity index (χ2n) is 6.04. The van der Waals surface area contributed by atoms with Gasteiger partial charge >= 0.3 is 0 Å². The normalized spacial score (nSPS) is 11.5. The largest absolute Gasteiger partial charge is 0.292 e. The van der Waals surface area contributed by atoms with E-state index in [4.69, 9.17) is 0 Å². The highest BCUT2D eigenvalue weighted by Gasteiger charge is 2.22. The van der Waals surface area contributed by atoms with Crippen LogP contribution in [0.5, 0.6) is 0 Å². The van der Waals surface area contributed by atoms with Crippen molar-refractivity contribution >= 4 is 15.8 Å². The monoisotopic (exact) mass is 372 g/mol. The number of aryl methyl sites for hydroxylation is 2. The van der Waals surface area contributed by atoms with Gasteiger partial charge in [0.2, 0.25) is 0 Å². The number of aromatic nitrogens is 2. The number of pyridine rings is 1. The van der Waals surface area contributed by atoms with E-state index in [1.165, 1.54) is 36.8 Å². The van der Waals surface area contributed by atoms with Crippen LogP contribution in [-0.2, 0) is 16.4 Å². The third-order valence-electron chi connectivity index (χ3n) is 4.15. The molecule has 3 aromatic rings. The van der Waals surface area contributed by atoms with Crippen molar-refractivity contribution in [1.82, 2.24) is 8.96 Å². The first-order valence-corrected chi connectivity index (χ1v) is 9.36. The van der Waals surface area contributed by atoms with E-state index in [9.17, 15) is 17.6 Å². The van der Waals surface area contributed by atoms with Crippen molar-refractivity contribution in [1.29, 1.82) is 0 Å². The number of hydrogen-bond donors (Lipinski definition) is 0. The lowest BCUT2D eigenvalue weighted by atomic mass is 10.1. The molecule has 0 atom stereocenters. The van der Waals surface area contributed by atoms with Gasteiger partial charge in [-0.1, -0.05) is 6.07 Å². The Hall–Kier alpha value is -2.80. The molecule has 26 heavy (non-hydrogen) atoms. The van der Waals surface area contributed by atoms with E-state index in [0.29, 0.717) is 22.4 Å². The van der Waals surface area contributed by atoms with Gasteiger partial charge in [0.15, 0.2) is 5.78 Å². The van der Waals surface area contributed by atoms with Crippen molar-refractivity contribution in [3.63, 3.8) is 0 Å². The number of ketones is 1. The predicted octanol–water partition coefficient (Wildman–Crippen LogP) is 3.30. The van der Waals surface area contributed by atoms with Crippen LogP contribution in [0.3, 0.4) is 0 Å². The van der Waals surface area contributed by atoms with Crippen LogP contribution in [-0.4, -0.2) is 23.2 Å². The Labute approximate surface area is 151 Å². The maximum absolute atomic E-state index is 14.2. The van der Waals surface area contributed by atoms with Gasteiger partial charge < -0.3 is 0 Å². The van der Waals surface area contributed by atoms with Crippen LogP contribution in [0.1, 0.15) is 27.2 Å². The Balaban J connectivity index is 1.89. The molecule has 0 spiro atoms. The molecule has 0 fully saturated rings. The molecular formula is C19H17FN2O3S. The molecule has 3 rings (SSSR count). The number of halogens is 1. The molecule has 0 aliphatic heterocycles. The highest BCUT2D eigenvalue weighted by atomic mass is 32.2. The molecule has 0 saturated heterocycles.